The molecule has 2 heterocycles. The van der Waals surface area contributed by atoms with Crippen LogP contribution in [0.5, 0.6) is 0 Å². The topological polar surface area (TPSA) is 41.9 Å². The summed E-state index contributed by atoms with van der Waals surface area (Å²) in [5.41, 5.74) is 0. The van der Waals surface area contributed by atoms with Crippen molar-refractivity contribution in [2.75, 3.05) is 32.9 Å². The fraction of sp³-hybridized carbons (Fsp3) is 0.647. The lowest BCUT2D eigenvalue weighted by Crippen LogP contribution is -2.38. The van der Waals surface area contributed by atoms with Gasteiger partial charge in [0.05, 0.1) is 25.4 Å². The van der Waals surface area contributed by atoms with Gasteiger partial charge in [-0.1, -0.05) is 6.08 Å². The van der Waals surface area contributed by atoms with Gasteiger partial charge in [-0.2, -0.15) is 0 Å². The van der Waals surface area contributed by atoms with Gasteiger partial charge in [0.15, 0.2) is 0 Å². The van der Waals surface area contributed by atoms with Crippen LogP contribution in [0.25, 0.3) is 0 Å². The second kappa shape index (κ2) is 9.43. The lowest BCUT2D eigenvalue weighted by atomic mass is 10.2. The molecule has 1 aromatic heterocycles. The Morgan fingerprint density at radius 1 is 1.59 bits per heavy atom. The summed E-state index contributed by atoms with van der Waals surface area (Å²) in [4.78, 5) is 4.93. The Kier molecular flexibility index (Phi) is 7.55. The van der Waals surface area contributed by atoms with E-state index in [2.05, 4.69) is 30.5 Å². The van der Waals surface area contributed by atoms with Crippen LogP contribution in [0.15, 0.2) is 24.8 Å². The average molecular weight is 325 g/mol. The van der Waals surface area contributed by atoms with Crippen LogP contribution >= 0.6 is 11.3 Å². The minimum absolute atomic E-state index is 0.294. The van der Waals surface area contributed by atoms with E-state index in [0.717, 1.165) is 32.5 Å². The molecule has 1 aliphatic rings. The van der Waals surface area contributed by atoms with Crippen molar-refractivity contribution in [3.05, 3.63) is 34.5 Å². The number of aliphatic hydroxyl groups excluding tert-OH is 1. The first-order valence-electron chi connectivity index (χ1n) is 7.93. The molecule has 1 saturated heterocycles. The van der Waals surface area contributed by atoms with Gasteiger partial charge in [0.1, 0.15) is 0 Å². The van der Waals surface area contributed by atoms with E-state index in [1.165, 1.54) is 9.75 Å². The molecule has 2 rings (SSSR count). The molecule has 2 atom stereocenters. The highest BCUT2D eigenvalue weighted by Gasteiger charge is 2.21. The number of nitrogens with zero attached hydrogens (tertiary/aromatic N) is 1. The summed E-state index contributed by atoms with van der Waals surface area (Å²) in [6.45, 7) is 9.75. The molecule has 0 spiro atoms. The van der Waals surface area contributed by atoms with Crippen LogP contribution in [0, 0.1) is 6.92 Å². The number of hydrogen-bond donors (Lipinski definition) is 1. The summed E-state index contributed by atoms with van der Waals surface area (Å²) < 4.78 is 11.1. The van der Waals surface area contributed by atoms with Gasteiger partial charge in [0, 0.05) is 36.0 Å². The normalized spacial score (nSPS) is 19.7. The van der Waals surface area contributed by atoms with Gasteiger partial charge in [-0.15, -0.1) is 17.9 Å². The molecular formula is C17H27NO3S. The number of rotatable bonds is 10. The number of hydrogen-bond acceptors (Lipinski definition) is 5. The molecule has 0 unspecified atom stereocenters. The van der Waals surface area contributed by atoms with E-state index in [1.54, 1.807) is 6.08 Å². The van der Waals surface area contributed by atoms with E-state index < -0.39 is 6.10 Å². The third-order valence-corrected chi connectivity index (χ3v) is 4.66. The lowest BCUT2D eigenvalue weighted by molar-refractivity contribution is 0.00882. The molecule has 0 aromatic carbocycles. The highest BCUT2D eigenvalue weighted by Crippen LogP contribution is 2.19. The Labute approximate surface area is 137 Å². The van der Waals surface area contributed by atoms with Crippen molar-refractivity contribution in [1.82, 2.24) is 4.90 Å². The van der Waals surface area contributed by atoms with Gasteiger partial charge < -0.3 is 14.6 Å². The van der Waals surface area contributed by atoms with Crippen molar-refractivity contribution in [3.63, 3.8) is 0 Å². The standard InChI is InChI=1S/C17H27NO3S/c1-3-8-20-13-15(19)10-18(11-16-5-4-9-21-16)12-17-7-6-14(2)22-17/h3,6-7,15-16,19H,1,4-5,8-13H2,2H3/t15-,16-/m0/s1. The van der Waals surface area contributed by atoms with Gasteiger partial charge >= 0.3 is 0 Å². The van der Waals surface area contributed by atoms with Crippen molar-refractivity contribution >= 4 is 11.3 Å². The molecule has 1 aromatic rings. The summed E-state index contributed by atoms with van der Waals surface area (Å²) in [5.74, 6) is 0. The van der Waals surface area contributed by atoms with Crippen LogP contribution in [0.3, 0.4) is 0 Å². The maximum atomic E-state index is 10.2. The predicted molar refractivity (Wildman–Crippen MR) is 90.3 cm³/mol. The fourth-order valence-electron chi connectivity index (χ4n) is 2.71. The summed E-state index contributed by atoms with van der Waals surface area (Å²) in [5, 5.41) is 10.2. The number of ether oxygens (including phenoxy) is 2. The molecule has 1 N–H and O–H groups in total. The minimum Gasteiger partial charge on any atom is -0.389 e. The molecule has 124 valence electrons. The Morgan fingerprint density at radius 3 is 3.09 bits per heavy atom. The van der Waals surface area contributed by atoms with Crippen LogP contribution < -0.4 is 0 Å². The third kappa shape index (κ3) is 6.18. The summed E-state index contributed by atoms with van der Waals surface area (Å²) >= 11 is 1.81. The second-order valence-corrected chi connectivity index (χ2v) is 7.19. The first kappa shape index (κ1) is 17.6. The highest BCUT2D eigenvalue weighted by atomic mass is 32.1. The van der Waals surface area contributed by atoms with E-state index >= 15 is 0 Å². The van der Waals surface area contributed by atoms with Gasteiger partial charge in [-0.25, -0.2) is 0 Å². The van der Waals surface area contributed by atoms with Crippen molar-refractivity contribution in [2.45, 2.75) is 38.5 Å². The highest BCUT2D eigenvalue weighted by molar-refractivity contribution is 7.11. The maximum Gasteiger partial charge on any atom is 0.0900 e. The monoisotopic (exact) mass is 325 g/mol. The van der Waals surface area contributed by atoms with Gasteiger partial charge in [-0.3, -0.25) is 4.90 Å². The van der Waals surface area contributed by atoms with Crippen LogP contribution in [0.4, 0.5) is 0 Å². The van der Waals surface area contributed by atoms with Crippen LogP contribution in [-0.2, 0) is 16.0 Å². The number of aryl methyl sites for hydroxylation is 1. The lowest BCUT2D eigenvalue weighted by Gasteiger charge is -2.27. The molecule has 1 fully saturated rings. The Balaban J connectivity index is 1.86. The SMILES string of the molecule is C=CCOC[C@@H](O)CN(Cc1ccc(C)s1)C[C@@H]1CCCO1. The van der Waals surface area contributed by atoms with Crippen molar-refractivity contribution < 1.29 is 14.6 Å². The zero-order valence-electron chi connectivity index (χ0n) is 13.4. The summed E-state index contributed by atoms with van der Waals surface area (Å²) in [7, 11) is 0. The van der Waals surface area contributed by atoms with E-state index in [0.29, 0.717) is 25.9 Å². The van der Waals surface area contributed by atoms with Crippen LogP contribution in [-0.4, -0.2) is 55.1 Å². The predicted octanol–water partition coefficient (Wildman–Crippen LogP) is 2.60. The van der Waals surface area contributed by atoms with Crippen molar-refractivity contribution in [1.29, 1.82) is 0 Å². The minimum atomic E-state index is -0.484. The quantitative estimate of drug-likeness (QED) is 0.530. The van der Waals surface area contributed by atoms with Crippen molar-refractivity contribution in [3.8, 4) is 0 Å². The van der Waals surface area contributed by atoms with E-state index in [4.69, 9.17) is 9.47 Å². The molecule has 1 aliphatic heterocycles. The van der Waals surface area contributed by atoms with E-state index in [-0.39, 0.29) is 0 Å². The first-order valence-corrected chi connectivity index (χ1v) is 8.75. The molecule has 0 aliphatic carbocycles. The van der Waals surface area contributed by atoms with Crippen LogP contribution in [0.1, 0.15) is 22.6 Å². The van der Waals surface area contributed by atoms with Gasteiger partial charge in [0.25, 0.3) is 0 Å². The van der Waals surface area contributed by atoms with E-state index in [1.807, 2.05) is 11.3 Å². The smallest absolute Gasteiger partial charge is 0.0900 e. The van der Waals surface area contributed by atoms with Gasteiger partial charge in [0.2, 0.25) is 0 Å². The Morgan fingerprint density at radius 2 is 2.45 bits per heavy atom. The van der Waals surface area contributed by atoms with Gasteiger partial charge in [-0.05, 0) is 31.9 Å². The largest absolute Gasteiger partial charge is 0.389 e. The number of thiophene rings is 1. The molecule has 22 heavy (non-hydrogen) atoms. The molecule has 0 bridgehead atoms. The summed E-state index contributed by atoms with van der Waals surface area (Å²) in [6.07, 6.45) is 3.76. The first-order chi connectivity index (χ1) is 10.7. The van der Waals surface area contributed by atoms with E-state index in [9.17, 15) is 5.11 Å². The maximum absolute atomic E-state index is 10.2. The zero-order chi connectivity index (χ0) is 15.8. The third-order valence-electron chi connectivity index (χ3n) is 3.68. The molecular weight excluding hydrogens is 298 g/mol. The molecule has 5 heteroatoms. The molecule has 4 nitrogen and oxygen atoms in total. The number of aliphatic hydroxyl groups is 1. The zero-order valence-corrected chi connectivity index (χ0v) is 14.2. The average Bonchev–Trinajstić information content (AvgIpc) is 3.11. The fourth-order valence-corrected chi connectivity index (χ4v) is 3.64. The molecule has 0 amide bonds. The van der Waals surface area contributed by atoms with Crippen LogP contribution in [0.2, 0.25) is 0 Å². The Bertz CT molecular complexity index is 443. The van der Waals surface area contributed by atoms with Crippen molar-refractivity contribution in [2.24, 2.45) is 0 Å². The Hall–Kier alpha value is -0.720. The summed E-state index contributed by atoms with van der Waals surface area (Å²) in [6, 6.07) is 4.32. The second-order valence-electron chi connectivity index (χ2n) is 5.82. The molecule has 0 saturated carbocycles. The molecule has 0 radical (unpaired) electrons.